The van der Waals surface area contributed by atoms with Gasteiger partial charge in [0.1, 0.15) is 11.6 Å². The highest BCUT2D eigenvalue weighted by Gasteiger charge is 2.45. The number of benzene rings is 2. The molecule has 1 atom stereocenters. The predicted octanol–water partition coefficient (Wildman–Crippen LogP) is 2.64. The molecule has 0 unspecified atom stereocenters. The zero-order valence-electron chi connectivity index (χ0n) is 18.5. The number of aromatic nitrogens is 1. The van der Waals surface area contributed by atoms with Gasteiger partial charge in [-0.15, -0.1) is 0 Å². The zero-order valence-corrected chi connectivity index (χ0v) is 18.5. The number of likely N-dealkylation sites (tertiary alicyclic amines) is 1. The Balaban J connectivity index is 1.83. The molecule has 0 saturated carbocycles. The molecule has 4 rings (SSSR count). The third kappa shape index (κ3) is 4.07. The van der Waals surface area contributed by atoms with Gasteiger partial charge in [0, 0.05) is 19.2 Å². The number of halogens is 1. The first-order valence-corrected chi connectivity index (χ1v) is 10.5. The van der Waals surface area contributed by atoms with Gasteiger partial charge in [-0.3, -0.25) is 14.2 Å². The van der Waals surface area contributed by atoms with Crippen LogP contribution in [-0.2, 0) is 16.6 Å². The van der Waals surface area contributed by atoms with Crippen molar-refractivity contribution in [1.29, 1.82) is 0 Å². The lowest BCUT2D eigenvalue weighted by Gasteiger charge is -2.26. The van der Waals surface area contributed by atoms with Crippen molar-refractivity contribution in [2.75, 3.05) is 27.2 Å². The summed E-state index contributed by atoms with van der Waals surface area (Å²) in [5, 5.41) is 11.1. The predicted molar refractivity (Wildman–Crippen MR) is 120 cm³/mol. The quantitative estimate of drug-likeness (QED) is 0.350. The van der Waals surface area contributed by atoms with Gasteiger partial charge in [0.05, 0.1) is 17.1 Å². The first-order chi connectivity index (χ1) is 15.7. The monoisotopic (exact) mass is 453 g/mol. The van der Waals surface area contributed by atoms with Crippen molar-refractivity contribution in [3.8, 4) is 0 Å². The highest BCUT2D eigenvalue weighted by molar-refractivity contribution is 6.46. The summed E-state index contributed by atoms with van der Waals surface area (Å²) in [7, 11) is 5.37. The molecule has 2 aromatic carbocycles. The second-order valence-corrected chi connectivity index (χ2v) is 8.31. The topological polar surface area (TPSA) is 96.0 Å². The maximum absolute atomic E-state index is 13.6. The largest absolute Gasteiger partial charge is 0.507 e. The zero-order chi connectivity index (χ0) is 23.9. The molecule has 3 aromatic rings. The number of aliphatic hydroxyl groups is 1. The van der Waals surface area contributed by atoms with Gasteiger partial charge < -0.3 is 19.3 Å². The fraction of sp³-hybridized carbons (Fsp3) is 0.292. The maximum atomic E-state index is 13.6. The van der Waals surface area contributed by atoms with Gasteiger partial charge in [-0.2, -0.15) is 0 Å². The van der Waals surface area contributed by atoms with Gasteiger partial charge in [-0.05, 0) is 63.0 Å². The van der Waals surface area contributed by atoms with Crippen LogP contribution in [0.5, 0.6) is 0 Å². The minimum atomic E-state index is -0.869. The Labute approximate surface area is 189 Å². The molecule has 1 amide bonds. The summed E-state index contributed by atoms with van der Waals surface area (Å²) < 4.78 is 20.1. The molecule has 1 fully saturated rings. The summed E-state index contributed by atoms with van der Waals surface area (Å²) in [6, 6.07) is 9.22. The number of carbonyl (C=O) groups is 2. The number of aryl methyl sites for hydroxylation is 1. The van der Waals surface area contributed by atoms with Crippen LogP contribution in [0.2, 0.25) is 0 Å². The standard InChI is InChI=1S/C24H24FN3O5/c1-26(2)11-4-12-28-20(14-5-8-16(25)9-6-14)19(22(30)23(28)31)21(29)15-7-10-17-18(13-15)33-24(32)27(17)3/h5-10,13,20,29H,4,11-12H2,1-3H3/b21-19+/t20-/m0/s1. The lowest BCUT2D eigenvalue weighted by Crippen LogP contribution is -2.32. The van der Waals surface area contributed by atoms with Crippen LogP contribution in [0.1, 0.15) is 23.6 Å². The van der Waals surface area contributed by atoms with E-state index < -0.39 is 29.3 Å². The molecule has 33 heavy (non-hydrogen) atoms. The number of nitrogens with zero attached hydrogens (tertiary/aromatic N) is 3. The summed E-state index contributed by atoms with van der Waals surface area (Å²) >= 11 is 0. The van der Waals surface area contributed by atoms with E-state index in [1.54, 1.807) is 19.2 Å². The molecule has 1 saturated heterocycles. The van der Waals surface area contributed by atoms with Crippen molar-refractivity contribution in [3.05, 3.63) is 75.5 Å². The summed E-state index contributed by atoms with van der Waals surface area (Å²) in [5.74, 6) is -2.94. The van der Waals surface area contributed by atoms with Crippen LogP contribution < -0.4 is 5.76 Å². The van der Waals surface area contributed by atoms with E-state index in [-0.39, 0.29) is 29.0 Å². The van der Waals surface area contributed by atoms with Crippen LogP contribution in [0, 0.1) is 5.82 Å². The third-order valence-corrected chi connectivity index (χ3v) is 5.80. The van der Waals surface area contributed by atoms with Gasteiger partial charge >= 0.3 is 5.76 Å². The van der Waals surface area contributed by atoms with Crippen molar-refractivity contribution in [2.24, 2.45) is 7.05 Å². The number of oxazole rings is 1. The minimum Gasteiger partial charge on any atom is -0.507 e. The number of aliphatic hydroxyl groups excluding tert-OH is 1. The normalized spacial score (nSPS) is 18.1. The third-order valence-electron chi connectivity index (χ3n) is 5.80. The Morgan fingerprint density at radius 3 is 2.48 bits per heavy atom. The Bertz CT molecular complexity index is 1320. The van der Waals surface area contributed by atoms with E-state index in [1.165, 1.54) is 39.8 Å². The van der Waals surface area contributed by atoms with E-state index in [4.69, 9.17) is 4.42 Å². The van der Waals surface area contributed by atoms with Crippen molar-refractivity contribution in [3.63, 3.8) is 0 Å². The van der Waals surface area contributed by atoms with Crippen LogP contribution in [0.15, 0.2) is 57.2 Å². The molecule has 0 aliphatic carbocycles. The van der Waals surface area contributed by atoms with Gasteiger partial charge in [0.2, 0.25) is 0 Å². The Hall–Kier alpha value is -3.72. The number of amides is 1. The van der Waals surface area contributed by atoms with Crippen LogP contribution in [0.25, 0.3) is 16.9 Å². The van der Waals surface area contributed by atoms with Crippen molar-refractivity contribution in [2.45, 2.75) is 12.5 Å². The van der Waals surface area contributed by atoms with Crippen LogP contribution in [0.3, 0.4) is 0 Å². The number of ketones is 1. The summed E-state index contributed by atoms with van der Waals surface area (Å²) in [5.41, 5.74) is 1.42. The smallest absolute Gasteiger partial charge is 0.419 e. The van der Waals surface area contributed by atoms with Crippen LogP contribution >= 0.6 is 0 Å². The molecule has 0 spiro atoms. The molecular weight excluding hydrogens is 429 g/mol. The summed E-state index contributed by atoms with van der Waals surface area (Å²) in [6.45, 7) is 0.983. The van der Waals surface area contributed by atoms with E-state index in [2.05, 4.69) is 0 Å². The SMILES string of the molecule is CN(C)CCCN1C(=O)C(=O)/C(=C(/O)c2ccc3c(c2)oc(=O)n3C)[C@@H]1c1ccc(F)cc1. The lowest BCUT2D eigenvalue weighted by molar-refractivity contribution is -0.139. The van der Waals surface area contributed by atoms with Gasteiger partial charge in [0.25, 0.3) is 11.7 Å². The second-order valence-electron chi connectivity index (χ2n) is 8.31. The van der Waals surface area contributed by atoms with Gasteiger partial charge in [-0.1, -0.05) is 12.1 Å². The van der Waals surface area contributed by atoms with Crippen LogP contribution in [-0.4, -0.2) is 58.3 Å². The minimum absolute atomic E-state index is 0.0888. The molecule has 1 aliphatic heterocycles. The highest BCUT2D eigenvalue weighted by atomic mass is 19.1. The van der Waals surface area contributed by atoms with Crippen molar-refractivity contribution < 1.29 is 23.5 Å². The number of fused-ring (bicyclic) bond motifs is 1. The fourth-order valence-corrected chi connectivity index (χ4v) is 4.10. The second kappa shape index (κ2) is 8.67. The average molecular weight is 453 g/mol. The lowest BCUT2D eigenvalue weighted by atomic mass is 9.95. The van der Waals surface area contributed by atoms with E-state index in [1.807, 2.05) is 19.0 Å². The molecule has 0 bridgehead atoms. The number of carbonyl (C=O) groups excluding carboxylic acids is 2. The average Bonchev–Trinajstić information content (AvgIpc) is 3.20. The van der Waals surface area contributed by atoms with E-state index in [9.17, 15) is 23.9 Å². The molecule has 2 heterocycles. The van der Waals surface area contributed by atoms with Crippen molar-refractivity contribution >= 4 is 28.5 Å². The van der Waals surface area contributed by atoms with Crippen molar-refractivity contribution in [1.82, 2.24) is 14.4 Å². The molecule has 1 aromatic heterocycles. The molecule has 9 heteroatoms. The van der Waals surface area contributed by atoms with Crippen LogP contribution in [0.4, 0.5) is 4.39 Å². The highest BCUT2D eigenvalue weighted by Crippen LogP contribution is 2.39. The molecule has 8 nitrogen and oxygen atoms in total. The van der Waals surface area contributed by atoms with E-state index >= 15 is 0 Å². The van der Waals surface area contributed by atoms with E-state index in [0.29, 0.717) is 24.0 Å². The van der Waals surface area contributed by atoms with Gasteiger partial charge in [-0.25, -0.2) is 9.18 Å². The van der Waals surface area contributed by atoms with Gasteiger partial charge in [0.15, 0.2) is 5.58 Å². The maximum Gasteiger partial charge on any atom is 0.419 e. The number of hydrogen-bond donors (Lipinski definition) is 1. The molecular formula is C24H24FN3O5. The molecule has 1 N–H and O–H groups in total. The fourth-order valence-electron chi connectivity index (χ4n) is 4.10. The first-order valence-electron chi connectivity index (χ1n) is 10.5. The number of hydrogen-bond acceptors (Lipinski definition) is 6. The molecule has 172 valence electrons. The first kappa shape index (κ1) is 22.5. The summed E-state index contributed by atoms with van der Waals surface area (Å²) in [6.07, 6.45) is 0.610. The molecule has 0 radical (unpaired) electrons. The summed E-state index contributed by atoms with van der Waals surface area (Å²) in [4.78, 5) is 41.1. The Kier molecular flexibility index (Phi) is 5.90. The van der Waals surface area contributed by atoms with E-state index in [0.717, 1.165) is 0 Å². The molecule has 1 aliphatic rings. The number of Topliss-reactive ketones (excluding diaryl/α,β-unsaturated/α-hetero) is 1. The number of rotatable bonds is 6. The Morgan fingerprint density at radius 1 is 1.12 bits per heavy atom. The Morgan fingerprint density at radius 2 is 1.82 bits per heavy atom.